The van der Waals surface area contributed by atoms with Gasteiger partial charge in [0.25, 0.3) is 0 Å². The molecule has 1 aliphatic heterocycles. The van der Waals surface area contributed by atoms with Gasteiger partial charge in [-0.05, 0) is 78.6 Å². The highest BCUT2D eigenvalue weighted by Gasteiger charge is 2.16. The first-order valence-electron chi connectivity index (χ1n) is 9.33. The molecule has 1 fully saturated rings. The van der Waals surface area contributed by atoms with Crippen LogP contribution in [0.2, 0.25) is 0 Å². The molecule has 0 aromatic heterocycles. The molecule has 0 spiro atoms. The van der Waals surface area contributed by atoms with E-state index in [9.17, 15) is 0 Å². The van der Waals surface area contributed by atoms with Crippen LogP contribution in [0.25, 0.3) is 17.7 Å². The first kappa shape index (κ1) is 17.5. The molecule has 0 aliphatic carbocycles. The summed E-state index contributed by atoms with van der Waals surface area (Å²) in [6.45, 7) is 13.0. The number of aryl methyl sites for hydroxylation is 1. The zero-order valence-corrected chi connectivity index (χ0v) is 15.8. The molecule has 1 nitrogen and oxygen atoms in total. The minimum absolute atomic E-state index is 0.862. The molecule has 0 saturated carbocycles. The van der Waals surface area contributed by atoms with E-state index in [0.717, 1.165) is 5.92 Å². The standard InChI is InChI=1S/C24H29N/c1-5-21-10-9-19(3)23(16-21)15-20(4)22-7-6-8-24(17-22)25-13-11-18(2)12-14-25/h5-10,15-18H,1,11-14H2,2-4H3/b20-15+. The Kier molecular flexibility index (Phi) is 5.43. The average Bonchev–Trinajstić information content (AvgIpc) is 2.64. The smallest absolute Gasteiger partial charge is 0.0372 e. The van der Waals surface area contributed by atoms with E-state index in [1.807, 2.05) is 6.08 Å². The molecule has 1 saturated heterocycles. The molecular formula is C24H29N. The molecule has 0 bridgehead atoms. The van der Waals surface area contributed by atoms with E-state index in [0.29, 0.717) is 0 Å². The molecule has 1 heteroatoms. The third-order valence-electron chi connectivity index (χ3n) is 5.36. The Morgan fingerprint density at radius 3 is 2.60 bits per heavy atom. The summed E-state index contributed by atoms with van der Waals surface area (Å²) in [6, 6.07) is 15.5. The van der Waals surface area contributed by atoms with Crippen LogP contribution in [0.5, 0.6) is 0 Å². The molecule has 1 heterocycles. The molecule has 2 aromatic rings. The van der Waals surface area contributed by atoms with Crippen LogP contribution in [-0.4, -0.2) is 13.1 Å². The molecule has 0 atom stereocenters. The minimum atomic E-state index is 0.862. The fraction of sp³-hybridized carbons (Fsp3) is 0.333. The lowest BCUT2D eigenvalue weighted by molar-refractivity contribution is 0.438. The average molecular weight is 332 g/mol. The Morgan fingerprint density at radius 2 is 1.88 bits per heavy atom. The fourth-order valence-corrected chi connectivity index (χ4v) is 3.47. The van der Waals surface area contributed by atoms with Crippen LogP contribution in [0.15, 0.2) is 49.0 Å². The van der Waals surface area contributed by atoms with Crippen LogP contribution in [-0.2, 0) is 0 Å². The molecule has 0 unspecified atom stereocenters. The number of hydrogen-bond donors (Lipinski definition) is 0. The van der Waals surface area contributed by atoms with Gasteiger partial charge in [0.2, 0.25) is 0 Å². The van der Waals surface area contributed by atoms with Crippen LogP contribution in [0.1, 0.15) is 48.9 Å². The van der Waals surface area contributed by atoms with Gasteiger partial charge in [-0.15, -0.1) is 0 Å². The van der Waals surface area contributed by atoms with Crippen molar-refractivity contribution >= 4 is 23.4 Å². The van der Waals surface area contributed by atoms with Crippen LogP contribution in [0.4, 0.5) is 5.69 Å². The molecular weight excluding hydrogens is 302 g/mol. The second kappa shape index (κ2) is 7.74. The molecule has 1 aliphatic rings. The predicted molar refractivity (Wildman–Crippen MR) is 112 cm³/mol. The predicted octanol–water partition coefficient (Wildman–Crippen LogP) is 6.43. The van der Waals surface area contributed by atoms with Gasteiger partial charge in [-0.3, -0.25) is 0 Å². The maximum atomic E-state index is 3.88. The van der Waals surface area contributed by atoms with E-state index in [1.54, 1.807) is 0 Å². The number of nitrogens with zero attached hydrogens (tertiary/aromatic N) is 1. The molecule has 0 radical (unpaired) electrons. The van der Waals surface area contributed by atoms with Gasteiger partial charge in [0.15, 0.2) is 0 Å². The maximum Gasteiger partial charge on any atom is 0.0372 e. The van der Waals surface area contributed by atoms with E-state index in [-0.39, 0.29) is 0 Å². The van der Waals surface area contributed by atoms with Crippen molar-refractivity contribution in [2.45, 2.75) is 33.6 Å². The number of allylic oxidation sites excluding steroid dienone is 1. The fourth-order valence-electron chi connectivity index (χ4n) is 3.47. The summed E-state index contributed by atoms with van der Waals surface area (Å²) < 4.78 is 0. The van der Waals surface area contributed by atoms with Gasteiger partial charge in [-0.25, -0.2) is 0 Å². The SMILES string of the molecule is C=Cc1ccc(C)c(/C=C(\C)c2cccc(N3CCC(C)CC3)c2)c1. The molecule has 0 N–H and O–H groups in total. The van der Waals surface area contributed by atoms with Crippen molar-refractivity contribution in [1.29, 1.82) is 0 Å². The first-order chi connectivity index (χ1) is 12.1. The van der Waals surface area contributed by atoms with E-state index in [1.165, 1.54) is 59.4 Å². The highest BCUT2D eigenvalue weighted by Crippen LogP contribution is 2.27. The van der Waals surface area contributed by atoms with Gasteiger partial charge in [-0.1, -0.05) is 49.9 Å². The number of rotatable bonds is 4. The Hall–Kier alpha value is -2.28. The van der Waals surface area contributed by atoms with Crippen LogP contribution in [0, 0.1) is 12.8 Å². The van der Waals surface area contributed by atoms with Crippen molar-refractivity contribution in [3.63, 3.8) is 0 Å². The number of piperidine rings is 1. The summed E-state index contributed by atoms with van der Waals surface area (Å²) in [5.41, 5.74) is 7.70. The Labute approximate surface area is 152 Å². The highest BCUT2D eigenvalue weighted by atomic mass is 15.1. The van der Waals surface area contributed by atoms with Crippen LogP contribution >= 0.6 is 0 Å². The normalized spacial score (nSPS) is 16.1. The van der Waals surface area contributed by atoms with Crippen molar-refractivity contribution < 1.29 is 0 Å². The summed E-state index contributed by atoms with van der Waals surface area (Å²) in [7, 11) is 0. The summed E-state index contributed by atoms with van der Waals surface area (Å²) in [5.74, 6) is 0.862. The number of anilines is 1. The van der Waals surface area contributed by atoms with E-state index in [2.05, 4.69) is 80.8 Å². The number of benzene rings is 2. The van der Waals surface area contributed by atoms with Crippen molar-refractivity contribution in [1.82, 2.24) is 0 Å². The summed E-state index contributed by atoms with van der Waals surface area (Å²) in [6.07, 6.45) is 6.79. The van der Waals surface area contributed by atoms with Gasteiger partial charge in [0.05, 0.1) is 0 Å². The van der Waals surface area contributed by atoms with Crippen molar-refractivity contribution in [3.8, 4) is 0 Å². The van der Waals surface area contributed by atoms with Gasteiger partial charge in [0, 0.05) is 18.8 Å². The van der Waals surface area contributed by atoms with Crippen molar-refractivity contribution in [2.24, 2.45) is 5.92 Å². The second-order valence-electron chi connectivity index (χ2n) is 7.37. The van der Waals surface area contributed by atoms with Gasteiger partial charge >= 0.3 is 0 Å². The highest BCUT2D eigenvalue weighted by molar-refractivity contribution is 5.82. The Morgan fingerprint density at radius 1 is 1.12 bits per heavy atom. The van der Waals surface area contributed by atoms with E-state index in [4.69, 9.17) is 0 Å². The molecule has 130 valence electrons. The lowest BCUT2D eigenvalue weighted by Gasteiger charge is -2.32. The van der Waals surface area contributed by atoms with Crippen LogP contribution < -0.4 is 4.90 Å². The zero-order chi connectivity index (χ0) is 17.8. The summed E-state index contributed by atoms with van der Waals surface area (Å²) >= 11 is 0. The third-order valence-corrected chi connectivity index (χ3v) is 5.36. The van der Waals surface area contributed by atoms with Crippen molar-refractivity contribution in [3.05, 3.63) is 71.3 Å². The molecule has 25 heavy (non-hydrogen) atoms. The first-order valence-corrected chi connectivity index (χ1v) is 9.33. The minimum Gasteiger partial charge on any atom is -0.371 e. The van der Waals surface area contributed by atoms with E-state index < -0.39 is 0 Å². The van der Waals surface area contributed by atoms with Crippen molar-refractivity contribution in [2.75, 3.05) is 18.0 Å². The summed E-state index contributed by atoms with van der Waals surface area (Å²) in [5, 5.41) is 0. The monoisotopic (exact) mass is 331 g/mol. The van der Waals surface area contributed by atoms with Gasteiger partial charge in [-0.2, -0.15) is 0 Å². The lowest BCUT2D eigenvalue weighted by atomic mass is 9.97. The molecule has 3 rings (SSSR count). The van der Waals surface area contributed by atoms with Gasteiger partial charge < -0.3 is 4.90 Å². The number of hydrogen-bond acceptors (Lipinski definition) is 1. The summed E-state index contributed by atoms with van der Waals surface area (Å²) in [4.78, 5) is 2.53. The van der Waals surface area contributed by atoms with Gasteiger partial charge in [0.1, 0.15) is 0 Å². The third kappa shape index (κ3) is 4.22. The van der Waals surface area contributed by atoms with Crippen LogP contribution in [0.3, 0.4) is 0 Å². The molecule has 0 amide bonds. The largest absolute Gasteiger partial charge is 0.371 e. The van der Waals surface area contributed by atoms with E-state index >= 15 is 0 Å². The second-order valence-corrected chi connectivity index (χ2v) is 7.37. The lowest BCUT2D eigenvalue weighted by Crippen LogP contribution is -2.32. The topological polar surface area (TPSA) is 3.24 Å². The Bertz CT molecular complexity index is 776. The molecule has 2 aromatic carbocycles. The maximum absolute atomic E-state index is 3.88. The zero-order valence-electron chi connectivity index (χ0n) is 15.8. The Balaban J connectivity index is 1.86. The quantitative estimate of drug-likeness (QED) is 0.583.